The molecule has 1 unspecified atom stereocenters. The lowest BCUT2D eigenvalue weighted by Gasteiger charge is -2.43. The van der Waals surface area contributed by atoms with Crippen LogP contribution in [0.5, 0.6) is 5.75 Å². The molecule has 1 amide bonds. The predicted molar refractivity (Wildman–Crippen MR) is 162 cm³/mol. The van der Waals surface area contributed by atoms with Gasteiger partial charge in [0, 0.05) is 23.7 Å². The quantitative estimate of drug-likeness (QED) is 0.389. The number of benzene rings is 2. The van der Waals surface area contributed by atoms with Gasteiger partial charge in [0.1, 0.15) is 23.3 Å². The van der Waals surface area contributed by atoms with Gasteiger partial charge in [0.15, 0.2) is 0 Å². The number of aliphatic hydroxyl groups excluding tert-OH is 1. The highest BCUT2D eigenvalue weighted by Gasteiger charge is 2.37. The summed E-state index contributed by atoms with van der Waals surface area (Å²) in [6.45, 7) is 6.08. The summed E-state index contributed by atoms with van der Waals surface area (Å²) in [4.78, 5) is 15.7. The average molecular weight is 585 g/mol. The highest BCUT2D eigenvalue weighted by molar-refractivity contribution is 7.84. The van der Waals surface area contributed by atoms with E-state index < -0.39 is 17.1 Å². The summed E-state index contributed by atoms with van der Waals surface area (Å²) in [6, 6.07) is 11.5. The summed E-state index contributed by atoms with van der Waals surface area (Å²) in [6.07, 6.45) is 9.84. The summed E-state index contributed by atoms with van der Waals surface area (Å²) in [5, 5.41) is 11.6. The zero-order valence-electron chi connectivity index (χ0n) is 23.5. The van der Waals surface area contributed by atoms with Crippen molar-refractivity contribution in [2.75, 3.05) is 18.0 Å². The Balaban J connectivity index is 1.51. The number of carbonyl (C=O) groups is 1. The van der Waals surface area contributed by atoms with E-state index in [0.717, 1.165) is 67.2 Å². The van der Waals surface area contributed by atoms with Crippen LogP contribution in [0.2, 0.25) is 5.02 Å². The van der Waals surface area contributed by atoms with Crippen LogP contribution in [0.25, 0.3) is 0 Å². The van der Waals surface area contributed by atoms with Crippen molar-refractivity contribution >= 4 is 34.2 Å². The van der Waals surface area contributed by atoms with Gasteiger partial charge in [0.25, 0.3) is 5.91 Å². The molecule has 2 aliphatic heterocycles. The number of nitrogens with one attached hydrogen (secondary N) is 1. The number of amides is 1. The number of carbonyl (C=O) groups excluding carboxylic acids is 1. The first-order valence-electron chi connectivity index (χ1n) is 14.6. The largest absolute Gasteiger partial charge is 0.487 e. The van der Waals surface area contributed by atoms with Crippen LogP contribution < -0.4 is 14.4 Å². The second-order valence-corrected chi connectivity index (χ2v) is 13.7. The summed E-state index contributed by atoms with van der Waals surface area (Å²) >= 11 is 6.31. The van der Waals surface area contributed by atoms with E-state index in [2.05, 4.69) is 9.62 Å². The first-order chi connectivity index (χ1) is 19.3. The van der Waals surface area contributed by atoms with Crippen molar-refractivity contribution < 1.29 is 18.8 Å². The fourth-order valence-corrected chi connectivity index (χ4v) is 7.59. The summed E-state index contributed by atoms with van der Waals surface area (Å²) in [5.41, 5.74) is 3.67. The number of nitrogens with zero attached hydrogens (tertiary/aromatic N) is 1. The zero-order valence-corrected chi connectivity index (χ0v) is 25.1. The second-order valence-electron chi connectivity index (χ2n) is 11.8. The Bertz CT molecular complexity index is 1270. The minimum Gasteiger partial charge on any atom is -0.487 e. The smallest absolute Gasteiger partial charge is 0.263 e. The van der Waals surface area contributed by atoms with E-state index in [9.17, 15) is 14.1 Å². The van der Waals surface area contributed by atoms with Crippen LogP contribution in [0.3, 0.4) is 0 Å². The number of aliphatic hydroxyl groups is 1. The number of fused-ring (bicyclic) bond motifs is 3. The number of allylic oxidation sites excluding steroid dienone is 1. The molecule has 2 N–H and O–H groups in total. The molecule has 2 heterocycles. The fourth-order valence-electron chi connectivity index (χ4n) is 6.16. The van der Waals surface area contributed by atoms with Crippen LogP contribution in [0.4, 0.5) is 5.69 Å². The van der Waals surface area contributed by atoms with E-state index in [1.165, 1.54) is 5.56 Å². The summed E-state index contributed by atoms with van der Waals surface area (Å²) in [5.74, 6) is 1.13. The van der Waals surface area contributed by atoms with E-state index in [1.807, 2.05) is 56.3 Å². The van der Waals surface area contributed by atoms with Gasteiger partial charge in [-0.2, -0.15) is 0 Å². The lowest BCUT2D eigenvalue weighted by atomic mass is 9.69. The monoisotopic (exact) mass is 584 g/mol. The number of anilines is 1. The third-order valence-corrected chi connectivity index (χ3v) is 10.7. The first kappa shape index (κ1) is 29.2. The number of hydrogen-bond acceptors (Lipinski definition) is 5. The van der Waals surface area contributed by atoms with Gasteiger partial charge >= 0.3 is 0 Å². The Labute approximate surface area is 245 Å². The number of aryl methyl sites for hydroxylation is 1. The Morgan fingerprint density at radius 3 is 2.67 bits per heavy atom. The van der Waals surface area contributed by atoms with Gasteiger partial charge in [-0.15, -0.1) is 0 Å². The van der Waals surface area contributed by atoms with Crippen molar-refractivity contribution in [2.45, 2.75) is 76.8 Å². The molecule has 5 atom stereocenters. The van der Waals surface area contributed by atoms with Crippen molar-refractivity contribution in [3.63, 3.8) is 0 Å². The average Bonchev–Trinajstić information content (AvgIpc) is 2.93. The van der Waals surface area contributed by atoms with Crippen LogP contribution in [0.1, 0.15) is 73.9 Å². The Hall–Kier alpha value is -2.35. The van der Waals surface area contributed by atoms with Crippen LogP contribution >= 0.6 is 11.6 Å². The Morgan fingerprint density at radius 2 is 1.90 bits per heavy atom. The van der Waals surface area contributed by atoms with Crippen molar-refractivity contribution in [1.29, 1.82) is 0 Å². The minimum atomic E-state index is -1.54. The lowest BCUT2D eigenvalue weighted by molar-refractivity contribution is 0.0180. The van der Waals surface area contributed by atoms with Gasteiger partial charge in [-0.05, 0) is 104 Å². The van der Waals surface area contributed by atoms with Gasteiger partial charge in [-0.3, -0.25) is 9.52 Å². The molecule has 216 valence electrons. The SMILES string of the molecule is CC(C)[C@@H]1C/C=C/C[C@@H](O)[C@@H]2CC[C@H]2CN2CCCCc3cc(Cl)ccc3COc3ccc(cc32)C(=O)NS1=O. The molecule has 1 saturated carbocycles. The first-order valence-corrected chi connectivity index (χ1v) is 16.2. The molecule has 1 fully saturated rings. The van der Waals surface area contributed by atoms with Gasteiger partial charge in [-0.1, -0.05) is 43.7 Å². The zero-order chi connectivity index (χ0) is 28.2. The van der Waals surface area contributed by atoms with Crippen molar-refractivity contribution in [1.82, 2.24) is 4.72 Å². The number of ether oxygens (including phenoxy) is 1. The van der Waals surface area contributed by atoms with Gasteiger partial charge in [0.05, 0.1) is 17.0 Å². The molecule has 0 radical (unpaired) electrons. The second kappa shape index (κ2) is 13.1. The molecule has 2 bridgehead atoms. The fraction of sp³-hybridized carbons (Fsp3) is 0.531. The molecule has 6 nitrogen and oxygen atoms in total. The van der Waals surface area contributed by atoms with E-state index >= 15 is 0 Å². The Morgan fingerprint density at radius 1 is 1.07 bits per heavy atom. The topological polar surface area (TPSA) is 78.9 Å². The third-order valence-electron chi connectivity index (χ3n) is 8.79. The molecule has 3 aliphatic rings. The number of rotatable bonds is 1. The minimum absolute atomic E-state index is 0.125. The maximum absolute atomic E-state index is 13.3. The van der Waals surface area contributed by atoms with E-state index in [1.54, 1.807) is 6.07 Å². The van der Waals surface area contributed by atoms with Gasteiger partial charge in [0.2, 0.25) is 0 Å². The number of hydrogen-bond donors (Lipinski definition) is 2. The molecular formula is C32H41ClN2O4S. The molecule has 0 spiro atoms. The molecule has 2 aromatic rings. The van der Waals surface area contributed by atoms with E-state index in [-0.39, 0.29) is 23.0 Å². The molecule has 0 aromatic heterocycles. The summed E-state index contributed by atoms with van der Waals surface area (Å²) < 4.78 is 22.4. The molecule has 2 aromatic carbocycles. The van der Waals surface area contributed by atoms with Crippen molar-refractivity contribution in [3.05, 3.63) is 70.3 Å². The van der Waals surface area contributed by atoms with Crippen LogP contribution in [0, 0.1) is 17.8 Å². The molecule has 0 saturated heterocycles. The number of halogens is 1. The standard InChI is InChI=1S/C32H41ClN2O4S/c1-21(2)31-9-4-3-8-29(36)27-14-11-24(27)19-35-16-6-5-7-22-17-26(33)13-10-25(22)20-39-30-15-12-23(18-28(30)35)32(37)34-40(31)38/h3-4,10,12-13,15,17-18,21,24,27,29,31,36H,5-9,11,14,16,19-20H2,1-2H3,(H,34,37)/b4-3+/t24-,27+,29+,31-,40?/m0/s1. The van der Waals surface area contributed by atoms with Crippen LogP contribution in [-0.4, -0.2) is 39.7 Å². The molecule has 5 rings (SSSR count). The van der Waals surface area contributed by atoms with Crippen molar-refractivity contribution in [2.24, 2.45) is 17.8 Å². The lowest BCUT2D eigenvalue weighted by Crippen LogP contribution is -2.43. The molecule has 40 heavy (non-hydrogen) atoms. The predicted octanol–water partition coefficient (Wildman–Crippen LogP) is 6.22. The molecule has 8 heteroatoms. The van der Waals surface area contributed by atoms with E-state index in [4.69, 9.17) is 16.3 Å². The van der Waals surface area contributed by atoms with Gasteiger partial charge in [-0.25, -0.2) is 4.21 Å². The Kier molecular flexibility index (Phi) is 9.54. The summed E-state index contributed by atoms with van der Waals surface area (Å²) in [7, 11) is -1.54. The highest BCUT2D eigenvalue weighted by atomic mass is 35.5. The van der Waals surface area contributed by atoms with E-state index in [0.29, 0.717) is 30.9 Å². The maximum atomic E-state index is 13.3. The maximum Gasteiger partial charge on any atom is 0.263 e. The molecule has 1 aliphatic carbocycles. The third kappa shape index (κ3) is 6.75. The van der Waals surface area contributed by atoms with Gasteiger partial charge < -0.3 is 14.7 Å². The highest BCUT2D eigenvalue weighted by Crippen LogP contribution is 2.41. The van der Waals surface area contributed by atoms with Crippen LogP contribution in [0.15, 0.2) is 48.6 Å². The normalized spacial score (nSPS) is 28.7. The molecular weight excluding hydrogens is 544 g/mol. The van der Waals surface area contributed by atoms with Crippen LogP contribution in [-0.2, 0) is 24.0 Å². The van der Waals surface area contributed by atoms with Crippen molar-refractivity contribution in [3.8, 4) is 5.75 Å².